The van der Waals surface area contributed by atoms with E-state index in [0.29, 0.717) is 17.7 Å². The molecule has 1 atom stereocenters. The van der Waals surface area contributed by atoms with Gasteiger partial charge in [0.25, 0.3) is 0 Å². The average molecular weight is 356 g/mol. The van der Waals surface area contributed by atoms with Gasteiger partial charge >= 0.3 is 5.97 Å². The van der Waals surface area contributed by atoms with E-state index in [9.17, 15) is 9.59 Å². The van der Waals surface area contributed by atoms with Gasteiger partial charge in [0.15, 0.2) is 0 Å². The summed E-state index contributed by atoms with van der Waals surface area (Å²) in [6, 6.07) is 3.72. The summed E-state index contributed by atoms with van der Waals surface area (Å²) in [6.07, 6.45) is 7.27. The molecular weight excluding hydrogens is 332 g/mol. The monoisotopic (exact) mass is 356 g/mol. The highest BCUT2D eigenvalue weighted by Crippen LogP contribution is 2.24. The number of unbranched alkanes of at least 4 members (excludes halogenated alkanes) is 1. The SMILES string of the molecule is Cc1ccc(N)c(CCCCC(=O)C[C@H](CC(=O)O)c2cncnc2)n1. The Morgan fingerprint density at radius 3 is 2.58 bits per heavy atom. The lowest BCUT2D eigenvalue weighted by atomic mass is 9.91. The first kappa shape index (κ1) is 19.5. The van der Waals surface area contributed by atoms with Crippen LogP contribution in [0.2, 0.25) is 0 Å². The molecule has 0 aliphatic heterocycles. The Hall–Kier alpha value is -2.83. The molecule has 0 unspecified atom stereocenters. The summed E-state index contributed by atoms with van der Waals surface area (Å²) in [5.41, 5.74) is 9.05. The Morgan fingerprint density at radius 2 is 1.88 bits per heavy atom. The van der Waals surface area contributed by atoms with Crippen LogP contribution in [0.1, 0.15) is 55.0 Å². The van der Waals surface area contributed by atoms with Gasteiger partial charge in [-0.15, -0.1) is 0 Å². The fourth-order valence-electron chi connectivity index (χ4n) is 2.85. The number of aliphatic carboxylic acids is 1. The van der Waals surface area contributed by atoms with Crippen LogP contribution in [0.25, 0.3) is 0 Å². The number of Topliss-reactive ketones (excluding diaryl/α,β-unsaturated/α-hetero) is 1. The van der Waals surface area contributed by atoms with Crippen molar-refractivity contribution in [3.8, 4) is 0 Å². The highest BCUT2D eigenvalue weighted by Gasteiger charge is 2.19. The van der Waals surface area contributed by atoms with Crippen LogP contribution in [0.3, 0.4) is 0 Å². The van der Waals surface area contributed by atoms with Gasteiger partial charge < -0.3 is 10.8 Å². The molecule has 0 bridgehead atoms. The average Bonchev–Trinajstić information content (AvgIpc) is 2.61. The van der Waals surface area contributed by atoms with Gasteiger partial charge in [-0.05, 0) is 43.9 Å². The Balaban J connectivity index is 1.82. The number of hydrogen-bond donors (Lipinski definition) is 2. The van der Waals surface area contributed by atoms with Gasteiger partial charge in [-0.1, -0.05) is 0 Å². The van der Waals surface area contributed by atoms with Crippen LogP contribution in [-0.2, 0) is 16.0 Å². The third-order valence-electron chi connectivity index (χ3n) is 4.21. The van der Waals surface area contributed by atoms with Crippen molar-refractivity contribution in [3.63, 3.8) is 0 Å². The molecule has 7 nitrogen and oxygen atoms in total. The third-order valence-corrected chi connectivity index (χ3v) is 4.21. The smallest absolute Gasteiger partial charge is 0.303 e. The molecule has 0 amide bonds. The van der Waals surface area contributed by atoms with E-state index in [2.05, 4.69) is 15.0 Å². The van der Waals surface area contributed by atoms with E-state index in [0.717, 1.165) is 30.7 Å². The van der Waals surface area contributed by atoms with Gasteiger partial charge in [0.1, 0.15) is 12.1 Å². The summed E-state index contributed by atoms with van der Waals surface area (Å²) in [4.78, 5) is 35.6. The van der Waals surface area contributed by atoms with Gasteiger partial charge in [0, 0.05) is 36.8 Å². The molecule has 138 valence electrons. The zero-order valence-corrected chi connectivity index (χ0v) is 14.9. The maximum absolute atomic E-state index is 12.3. The van der Waals surface area contributed by atoms with Crippen molar-refractivity contribution in [1.82, 2.24) is 15.0 Å². The summed E-state index contributed by atoms with van der Waals surface area (Å²) < 4.78 is 0. The van der Waals surface area contributed by atoms with Gasteiger partial charge in [0.2, 0.25) is 0 Å². The lowest BCUT2D eigenvalue weighted by Crippen LogP contribution is -2.12. The number of carboxylic acids is 1. The molecular formula is C19H24N4O3. The minimum atomic E-state index is -0.937. The second kappa shape index (κ2) is 9.60. The molecule has 3 N–H and O–H groups in total. The van der Waals surface area contributed by atoms with Crippen molar-refractivity contribution >= 4 is 17.4 Å². The first-order valence-corrected chi connectivity index (χ1v) is 8.66. The normalized spacial score (nSPS) is 11.9. The quantitative estimate of drug-likeness (QED) is 0.628. The third kappa shape index (κ3) is 6.23. The van der Waals surface area contributed by atoms with E-state index >= 15 is 0 Å². The molecule has 0 aliphatic rings. The minimum Gasteiger partial charge on any atom is -0.481 e. The summed E-state index contributed by atoms with van der Waals surface area (Å²) >= 11 is 0. The zero-order valence-electron chi connectivity index (χ0n) is 14.9. The van der Waals surface area contributed by atoms with Crippen molar-refractivity contribution in [2.24, 2.45) is 0 Å². The maximum Gasteiger partial charge on any atom is 0.303 e. The van der Waals surface area contributed by atoms with E-state index in [1.54, 1.807) is 12.4 Å². The number of pyridine rings is 1. The number of carbonyl (C=O) groups is 2. The number of nitrogen functional groups attached to an aromatic ring is 1. The van der Waals surface area contributed by atoms with Crippen LogP contribution in [0.4, 0.5) is 5.69 Å². The second-order valence-electron chi connectivity index (χ2n) is 6.41. The van der Waals surface area contributed by atoms with E-state index < -0.39 is 11.9 Å². The fraction of sp³-hybridized carbons (Fsp3) is 0.421. The van der Waals surface area contributed by atoms with Crippen LogP contribution in [0.5, 0.6) is 0 Å². The van der Waals surface area contributed by atoms with Crippen LogP contribution in [0, 0.1) is 6.92 Å². The topological polar surface area (TPSA) is 119 Å². The number of carbonyl (C=O) groups excluding carboxylic acids is 1. The number of nitrogens with zero attached hydrogens (tertiary/aromatic N) is 3. The summed E-state index contributed by atoms with van der Waals surface area (Å²) in [5.74, 6) is -1.28. The van der Waals surface area contributed by atoms with E-state index in [1.807, 2.05) is 19.1 Å². The number of rotatable bonds is 10. The number of anilines is 1. The molecule has 2 rings (SSSR count). The van der Waals surface area contributed by atoms with Gasteiger partial charge in [-0.3, -0.25) is 14.6 Å². The Morgan fingerprint density at radius 1 is 1.15 bits per heavy atom. The van der Waals surface area contributed by atoms with E-state index in [1.165, 1.54) is 6.33 Å². The standard InChI is InChI=1S/C19H24N4O3/c1-13-6-7-17(20)18(23-13)5-3-2-4-16(24)8-14(9-19(25)26)15-10-21-12-22-11-15/h6-7,10-12,14H,2-5,8-9,20H2,1H3,(H,25,26)/t14-/m1/s1. The Kier molecular flexibility index (Phi) is 7.20. The van der Waals surface area contributed by atoms with Crippen molar-refractivity contribution in [1.29, 1.82) is 0 Å². The fourth-order valence-corrected chi connectivity index (χ4v) is 2.85. The molecule has 0 aromatic carbocycles. The summed E-state index contributed by atoms with van der Waals surface area (Å²) in [5, 5.41) is 9.08. The van der Waals surface area contributed by atoms with Crippen LogP contribution in [-0.4, -0.2) is 31.8 Å². The molecule has 2 aromatic rings. The molecule has 7 heteroatoms. The lowest BCUT2D eigenvalue weighted by Gasteiger charge is -2.13. The molecule has 0 saturated carbocycles. The predicted molar refractivity (Wildman–Crippen MR) is 97.6 cm³/mol. The van der Waals surface area contributed by atoms with Crippen molar-refractivity contribution < 1.29 is 14.7 Å². The Labute approximate surface area is 152 Å². The molecule has 0 spiro atoms. The largest absolute Gasteiger partial charge is 0.481 e. The number of ketones is 1. The number of nitrogens with two attached hydrogens (primary N) is 1. The van der Waals surface area contributed by atoms with Crippen molar-refractivity contribution in [2.45, 2.75) is 51.4 Å². The first-order chi connectivity index (χ1) is 12.5. The van der Waals surface area contributed by atoms with Crippen LogP contribution in [0.15, 0.2) is 30.9 Å². The lowest BCUT2D eigenvalue weighted by molar-refractivity contribution is -0.137. The van der Waals surface area contributed by atoms with Gasteiger partial charge in [-0.2, -0.15) is 0 Å². The molecule has 0 saturated heterocycles. The number of carboxylic acid groups (broad SMARTS) is 1. The summed E-state index contributed by atoms with van der Waals surface area (Å²) in [7, 11) is 0. The highest BCUT2D eigenvalue weighted by atomic mass is 16.4. The highest BCUT2D eigenvalue weighted by molar-refractivity contribution is 5.80. The molecule has 2 aromatic heterocycles. The molecule has 0 aliphatic carbocycles. The second-order valence-corrected chi connectivity index (χ2v) is 6.41. The van der Waals surface area contributed by atoms with Gasteiger partial charge in [-0.25, -0.2) is 9.97 Å². The number of aromatic nitrogens is 3. The minimum absolute atomic E-state index is 0.0466. The van der Waals surface area contributed by atoms with E-state index in [4.69, 9.17) is 10.8 Å². The predicted octanol–water partition coefficient (Wildman–Crippen LogP) is 2.69. The van der Waals surface area contributed by atoms with Crippen molar-refractivity contribution in [3.05, 3.63) is 47.8 Å². The van der Waals surface area contributed by atoms with Crippen LogP contribution >= 0.6 is 0 Å². The molecule has 2 heterocycles. The number of hydrogen-bond acceptors (Lipinski definition) is 6. The number of aryl methyl sites for hydroxylation is 2. The Bertz CT molecular complexity index is 750. The molecule has 0 radical (unpaired) electrons. The van der Waals surface area contributed by atoms with Crippen molar-refractivity contribution in [2.75, 3.05) is 5.73 Å². The van der Waals surface area contributed by atoms with E-state index in [-0.39, 0.29) is 18.6 Å². The zero-order chi connectivity index (χ0) is 18.9. The maximum atomic E-state index is 12.3. The van der Waals surface area contributed by atoms with Gasteiger partial charge in [0.05, 0.1) is 17.8 Å². The summed E-state index contributed by atoms with van der Waals surface area (Å²) in [6.45, 7) is 1.92. The first-order valence-electron chi connectivity index (χ1n) is 8.66. The molecule has 0 fully saturated rings. The molecule has 26 heavy (non-hydrogen) atoms. The van der Waals surface area contributed by atoms with Crippen LogP contribution < -0.4 is 5.73 Å².